The molecule has 1 aromatic carbocycles. The highest BCUT2D eigenvalue weighted by Gasteiger charge is 2.42. The van der Waals surface area contributed by atoms with Gasteiger partial charge in [0, 0.05) is 0 Å². The first-order chi connectivity index (χ1) is 9.10. The molecule has 1 atom stereocenters. The fourth-order valence-electron chi connectivity index (χ4n) is 3.19. The van der Waals surface area contributed by atoms with Crippen molar-refractivity contribution in [3.63, 3.8) is 0 Å². The molecule has 1 fully saturated rings. The fourth-order valence-corrected chi connectivity index (χ4v) is 3.41. The van der Waals surface area contributed by atoms with Gasteiger partial charge in [-0.05, 0) is 31.4 Å². The van der Waals surface area contributed by atoms with Crippen molar-refractivity contribution in [3.8, 4) is 0 Å². The van der Waals surface area contributed by atoms with Crippen LogP contribution in [0, 0.1) is 5.92 Å². The van der Waals surface area contributed by atoms with Crippen LogP contribution < -0.4 is 10.6 Å². The van der Waals surface area contributed by atoms with Crippen LogP contribution in [0.2, 0.25) is 5.02 Å². The molecule has 0 amide bonds. The predicted octanol–water partition coefficient (Wildman–Crippen LogP) is 3.42. The van der Waals surface area contributed by atoms with Crippen LogP contribution in [0.1, 0.15) is 32.6 Å². The number of guanidine groups is 1. The molecule has 1 aliphatic heterocycles. The maximum atomic E-state index is 6.33. The number of hydrogen-bond donors (Lipinski definition) is 1. The van der Waals surface area contributed by atoms with Gasteiger partial charge in [-0.2, -0.15) is 0 Å². The zero-order valence-electron chi connectivity index (χ0n) is 11.3. The summed E-state index contributed by atoms with van der Waals surface area (Å²) < 4.78 is 0. The van der Waals surface area contributed by atoms with Gasteiger partial charge in [-0.1, -0.05) is 43.0 Å². The molecule has 4 heteroatoms. The lowest BCUT2D eigenvalue weighted by Gasteiger charge is -2.41. The number of benzene rings is 1. The first-order valence-electron chi connectivity index (χ1n) is 6.95. The maximum absolute atomic E-state index is 6.33. The van der Waals surface area contributed by atoms with E-state index >= 15 is 0 Å². The Labute approximate surface area is 119 Å². The van der Waals surface area contributed by atoms with E-state index in [-0.39, 0.29) is 5.54 Å². The smallest absolute Gasteiger partial charge is 0.196 e. The van der Waals surface area contributed by atoms with Crippen LogP contribution in [-0.2, 0) is 0 Å². The molecule has 3 nitrogen and oxygen atoms in total. The quantitative estimate of drug-likeness (QED) is 0.920. The first-order valence-corrected chi connectivity index (χ1v) is 7.33. The topological polar surface area (TPSA) is 41.6 Å². The number of rotatable bonds is 3. The van der Waals surface area contributed by atoms with Crippen molar-refractivity contribution in [2.45, 2.75) is 38.1 Å². The molecule has 1 aliphatic carbocycles. The van der Waals surface area contributed by atoms with Gasteiger partial charge in [-0.15, -0.1) is 0 Å². The Bertz CT molecular complexity index is 510. The van der Waals surface area contributed by atoms with E-state index < -0.39 is 0 Å². The Hall–Kier alpha value is -1.22. The van der Waals surface area contributed by atoms with Gasteiger partial charge in [-0.3, -0.25) is 4.99 Å². The van der Waals surface area contributed by atoms with Gasteiger partial charge in [0.2, 0.25) is 0 Å². The lowest BCUT2D eigenvalue weighted by atomic mass is 9.76. The van der Waals surface area contributed by atoms with Gasteiger partial charge >= 0.3 is 0 Å². The fraction of sp³-hybridized carbons (Fsp3) is 0.533. The van der Waals surface area contributed by atoms with E-state index in [2.05, 4.69) is 16.8 Å². The summed E-state index contributed by atoms with van der Waals surface area (Å²) in [4.78, 5) is 6.59. The lowest BCUT2D eigenvalue weighted by molar-refractivity contribution is 0.243. The van der Waals surface area contributed by atoms with Crippen molar-refractivity contribution in [1.82, 2.24) is 0 Å². The summed E-state index contributed by atoms with van der Waals surface area (Å²) in [7, 11) is 0. The van der Waals surface area contributed by atoms with Crippen LogP contribution in [-0.4, -0.2) is 18.0 Å². The van der Waals surface area contributed by atoms with Crippen LogP contribution in [0.15, 0.2) is 29.3 Å². The molecule has 0 bridgehead atoms. The van der Waals surface area contributed by atoms with Crippen molar-refractivity contribution in [3.05, 3.63) is 29.3 Å². The number of para-hydroxylation sites is 1. The van der Waals surface area contributed by atoms with E-state index in [9.17, 15) is 0 Å². The molecule has 3 rings (SSSR count). The minimum absolute atomic E-state index is 0.0276. The van der Waals surface area contributed by atoms with Crippen LogP contribution in [0.5, 0.6) is 0 Å². The SMILES string of the molecule is CC1(CC2CCC2)CN=C(N)N1c1ccccc1Cl. The molecule has 0 aromatic heterocycles. The standard InChI is InChI=1S/C15H20ClN3/c1-15(9-11-5-4-6-11)10-18-14(17)19(15)13-8-3-2-7-12(13)16/h2-3,7-8,11H,4-6,9-10H2,1H3,(H2,17,18). The van der Waals surface area contributed by atoms with Crippen molar-refractivity contribution in [2.75, 3.05) is 11.4 Å². The summed E-state index contributed by atoms with van der Waals surface area (Å²) in [6.45, 7) is 3.01. The molecule has 2 N–H and O–H groups in total. The number of hydrogen-bond acceptors (Lipinski definition) is 3. The molecule has 0 saturated heterocycles. The summed E-state index contributed by atoms with van der Waals surface area (Å²) in [5, 5.41) is 0.738. The molecule has 2 aliphatic rings. The largest absolute Gasteiger partial charge is 0.369 e. The van der Waals surface area contributed by atoms with Crippen molar-refractivity contribution in [1.29, 1.82) is 0 Å². The Kier molecular flexibility index (Phi) is 3.17. The van der Waals surface area contributed by atoms with Crippen LogP contribution in [0.25, 0.3) is 0 Å². The third kappa shape index (κ3) is 2.20. The summed E-state index contributed by atoms with van der Waals surface area (Å²) >= 11 is 6.33. The molecular formula is C15H20ClN3. The number of anilines is 1. The third-order valence-corrected chi connectivity index (χ3v) is 4.72. The Morgan fingerprint density at radius 3 is 2.79 bits per heavy atom. The molecule has 19 heavy (non-hydrogen) atoms. The molecule has 102 valence electrons. The summed E-state index contributed by atoms with van der Waals surface area (Å²) in [6, 6.07) is 7.87. The van der Waals surface area contributed by atoms with Crippen molar-refractivity contribution >= 4 is 23.2 Å². The number of halogens is 1. The summed E-state index contributed by atoms with van der Waals surface area (Å²) in [5.74, 6) is 1.41. The van der Waals surface area contributed by atoms with E-state index in [0.29, 0.717) is 5.96 Å². The molecule has 0 spiro atoms. The minimum Gasteiger partial charge on any atom is -0.369 e. The molecule has 1 aromatic rings. The molecule has 1 heterocycles. The molecule has 0 radical (unpaired) electrons. The maximum Gasteiger partial charge on any atom is 0.196 e. The van der Waals surface area contributed by atoms with Crippen LogP contribution >= 0.6 is 11.6 Å². The van der Waals surface area contributed by atoms with Crippen LogP contribution in [0.4, 0.5) is 5.69 Å². The Morgan fingerprint density at radius 2 is 2.16 bits per heavy atom. The normalized spacial score (nSPS) is 27.3. The second-order valence-corrected chi connectivity index (χ2v) is 6.37. The molecular weight excluding hydrogens is 258 g/mol. The highest BCUT2D eigenvalue weighted by molar-refractivity contribution is 6.34. The second kappa shape index (κ2) is 4.71. The zero-order chi connectivity index (χ0) is 13.5. The lowest BCUT2D eigenvalue weighted by Crippen LogP contribution is -2.51. The van der Waals surface area contributed by atoms with Gasteiger partial charge in [0.15, 0.2) is 5.96 Å². The van der Waals surface area contributed by atoms with E-state index in [0.717, 1.165) is 29.6 Å². The number of nitrogens with zero attached hydrogens (tertiary/aromatic N) is 2. The van der Waals surface area contributed by atoms with E-state index in [1.165, 1.54) is 19.3 Å². The van der Waals surface area contributed by atoms with Gasteiger partial charge in [0.1, 0.15) is 0 Å². The van der Waals surface area contributed by atoms with Crippen molar-refractivity contribution in [2.24, 2.45) is 16.6 Å². The molecule has 1 saturated carbocycles. The first kappa shape index (κ1) is 12.8. The zero-order valence-corrected chi connectivity index (χ0v) is 12.0. The van der Waals surface area contributed by atoms with Gasteiger partial charge in [0.25, 0.3) is 0 Å². The van der Waals surface area contributed by atoms with Crippen LogP contribution in [0.3, 0.4) is 0 Å². The Balaban J connectivity index is 1.91. The van der Waals surface area contributed by atoms with Gasteiger partial charge in [0.05, 0.1) is 22.8 Å². The second-order valence-electron chi connectivity index (χ2n) is 5.96. The van der Waals surface area contributed by atoms with E-state index in [1.807, 2.05) is 24.3 Å². The minimum atomic E-state index is -0.0276. The van der Waals surface area contributed by atoms with E-state index in [1.54, 1.807) is 0 Å². The number of nitrogens with two attached hydrogens (primary N) is 1. The van der Waals surface area contributed by atoms with Gasteiger partial charge < -0.3 is 10.6 Å². The highest BCUT2D eigenvalue weighted by atomic mass is 35.5. The average molecular weight is 278 g/mol. The van der Waals surface area contributed by atoms with Gasteiger partial charge in [-0.25, -0.2) is 0 Å². The highest BCUT2D eigenvalue weighted by Crippen LogP contribution is 2.41. The van der Waals surface area contributed by atoms with Crippen molar-refractivity contribution < 1.29 is 0 Å². The monoisotopic (exact) mass is 277 g/mol. The number of aliphatic imine (C=N–C) groups is 1. The van der Waals surface area contributed by atoms with E-state index in [4.69, 9.17) is 17.3 Å². The Morgan fingerprint density at radius 1 is 1.42 bits per heavy atom. The predicted molar refractivity (Wildman–Crippen MR) is 80.8 cm³/mol. The summed E-state index contributed by atoms with van der Waals surface area (Å²) in [6.07, 6.45) is 5.18. The third-order valence-electron chi connectivity index (χ3n) is 4.40. The summed E-state index contributed by atoms with van der Waals surface area (Å²) in [5.41, 5.74) is 7.06. The average Bonchev–Trinajstić information content (AvgIpc) is 2.62. The molecule has 1 unspecified atom stereocenters.